The normalized spacial score (nSPS) is 10.2. The average Bonchev–Trinajstić information content (AvgIpc) is 2.53. The highest BCUT2D eigenvalue weighted by atomic mass is 16.5. The van der Waals surface area contributed by atoms with Gasteiger partial charge in [0.15, 0.2) is 0 Å². The van der Waals surface area contributed by atoms with Crippen molar-refractivity contribution >= 4 is 5.97 Å². The van der Waals surface area contributed by atoms with Gasteiger partial charge in [-0.05, 0) is 42.3 Å². The fourth-order valence-corrected chi connectivity index (χ4v) is 2.01. The molecule has 0 amide bonds. The Hall–Kier alpha value is -2.49. The summed E-state index contributed by atoms with van der Waals surface area (Å²) in [6.07, 6.45) is 0.981. The van der Waals surface area contributed by atoms with Gasteiger partial charge in [-0.2, -0.15) is 0 Å². The molecule has 0 heterocycles. The lowest BCUT2D eigenvalue weighted by Crippen LogP contribution is -2.03. The van der Waals surface area contributed by atoms with E-state index in [2.05, 4.69) is 6.92 Å². The van der Waals surface area contributed by atoms with Crippen LogP contribution in [0, 0.1) is 0 Å². The number of carboxylic acid groups (broad SMARTS) is 1. The van der Waals surface area contributed by atoms with Gasteiger partial charge in [0.05, 0.1) is 12.7 Å². The topological polar surface area (TPSA) is 55.8 Å². The van der Waals surface area contributed by atoms with Gasteiger partial charge in [-0.1, -0.05) is 19.1 Å². The van der Waals surface area contributed by atoms with Gasteiger partial charge in [0.2, 0.25) is 0 Å². The molecule has 21 heavy (non-hydrogen) atoms. The molecule has 0 atom stereocenters. The summed E-state index contributed by atoms with van der Waals surface area (Å²) >= 11 is 0. The number of carbonyl (C=O) groups is 1. The van der Waals surface area contributed by atoms with Gasteiger partial charge in [0, 0.05) is 5.56 Å². The van der Waals surface area contributed by atoms with Crippen molar-refractivity contribution in [2.75, 3.05) is 7.11 Å². The summed E-state index contributed by atoms with van der Waals surface area (Å²) in [4.78, 5) is 11.0. The maximum absolute atomic E-state index is 11.0. The van der Waals surface area contributed by atoms with Gasteiger partial charge in [-0.15, -0.1) is 0 Å². The molecule has 0 aliphatic rings. The summed E-state index contributed by atoms with van der Waals surface area (Å²) in [6.45, 7) is 2.36. The van der Waals surface area contributed by atoms with E-state index in [0.29, 0.717) is 11.3 Å². The lowest BCUT2D eigenvalue weighted by atomic mass is 10.1. The molecule has 2 aromatic carbocycles. The Balaban J connectivity index is 2.13. The van der Waals surface area contributed by atoms with Crippen molar-refractivity contribution in [3.8, 4) is 11.5 Å². The smallest absolute Gasteiger partial charge is 0.335 e. The van der Waals surface area contributed by atoms with E-state index in [1.165, 1.54) is 11.6 Å². The number of methoxy groups -OCH3 is 1. The molecule has 0 bridgehead atoms. The Bertz CT molecular complexity index is 617. The highest BCUT2D eigenvalue weighted by molar-refractivity contribution is 5.88. The fraction of sp³-hybridized carbons (Fsp3) is 0.235. The Labute approximate surface area is 123 Å². The van der Waals surface area contributed by atoms with Gasteiger partial charge in [0.1, 0.15) is 18.1 Å². The molecule has 0 unspecified atom stereocenters. The minimum atomic E-state index is -0.966. The fourth-order valence-electron chi connectivity index (χ4n) is 2.01. The summed E-state index contributed by atoms with van der Waals surface area (Å²) in [6, 6.07) is 12.6. The minimum absolute atomic E-state index is 0.218. The van der Waals surface area contributed by atoms with Gasteiger partial charge in [0.25, 0.3) is 0 Å². The Kier molecular flexibility index (Phi) is 4.82. The molecule has 0 spiro atoms. The van der Waals surface area contributed by atoms with Crippen molar-refractivity contribution in [2.24, 2.45) is 0 Å². The third kappa shape index (κ3) is 3.75. The summed E-state index contributed by atoms with van der Waals surface area (Å²) < 4.78 is 10.9. The van der Waals surface area contributed by atoms with Crippen molar-refractivity contribution in [3.05, 3.63) is 59.2 Å². The zero-order valence-corrected chi connectivity index (χ0v) is 12.1. The van der Waals surface area contributed by atoms with E-state index >= 15 is 0 Å². The number of aryl methyl sites for hydroxylation is 1. The van der Waals surface area contributed by atoms with Crippen molar-refractivity contribution in [1.82, 2.24) is 0 Å². The molecule has 2 aromatic rings. The number of hydrogen-bond donors (Lipinski definition) is 1. The van der Waals surface area contributed by atoms with Crippen LogP contribution in [-0.2, 0) is 13.0 Å². The predicted octanol–water partition coefficient (Wildman–Crippen LogP) is 3.53. The molecular formula is C17H18O4. The van der Waals surface area contributed by atoms with E-state index in [-0.39, 0.29) is 12.2 Å². The molecule has 0 saturated carbocycles. The number of carboxylic acids is 1. The van der Waals surface area contributed by atoms with E-state index in [1.807, 2.05) is 24.3 Å². The van der Waals surface area contributed by atoms with Gasteiger partial charge in [-0.3, -0.25) is 0 Å². The molecule has 0 aliphatic heterocycles. The number of rotatable bonds is 6. The maximum atomic E-state index is 11.0. The first-order valence-corrected chi connectivity index (χ1v) is 6.76. The van der Waals surface area contributed by atoms with Crippen LogP contribution in [0.25, 0.3) is 0 Å². The van der Waals surface area contributed by atoms with Crippen molar-refractivity contribution in [3.63, 3.8) is 0 Å². The van der Waals surface area contributed by atoms with Crippen LogP contribution in [0.15, 0.2) is 42.5 Å². The van der Waals surface area contributed by atoms with E-state index in [4.69, 9.17) is 14.6 Å². The summed E-state index contributed by atoms with van der Waals surface area (Å²) in [5, 5.41) is 9.03. The molecular weight excluding hydrogens is 268 g/mol. The number of hydrogen-bond acceptors (Lipinski definition) is 3. The van der Waals surface area contributed by atoms with Crippen LogP contribution in [0.2, 0.25) is 0 Å². The Morgan fingerprint density at radius 2 is 1.86 bits per heavy atom. The minimum Gasteiger partial charge on any atom is -0.496 e. The van der Waals surface area contributed by atoms with Crippen LogP contribution in [0.4, 0.5) is 0 Å². The van der Waals surface area contributed by atoms with Crippen molar-refractivity contribution in [2.45, 2.75) is 20.0 Å². The Morgan fingerprint density at radius 3 is 2.43 bits per heavy atom. The van der Waals surface area contributed by atoms with E-state index in [1.54, 1.807) is 19.2 Å². The van der Waals surface area contributed by atoms with Gasteiger partial charge < -0.3 is 14.6 Å². The monoisotopic (exact) mass is 286 g/mol. The van der Waals surface area contributed by atoms with E-state index in [9.17, 15) is 4.79 Å². The quantitative estimate of drug-likeness (QED) is 0.882. The van der Waals surface area contributed by atoms with Crippen molar-refractivity contribution < 1.29 is 19.4 Å². The first-order chi connectivity index (χ1) is 10.1. The molecule has 0 aromatic heterocycles. The molecule has 0 aliphatic carbocycles. The van der Waals surface area contributed by atoms with E-state index in [0.717, 1.165) is 12.2 Å². The second-order valence-corrected chi connectivity index (χ2v) is 4.62. The third-order valence-electron chi connectivity index (χ3n) is 3.25. The van der Waals surface area contributed by atoms with E-state index < -0.39 is 5.97 Å². The predicted molar refractivity (Wildman–Crippen MR) is 80.1 cm³/mol. The zero-order chi connectivity index (χ0) is 15.2. The first kappa shape index (κ1) is 14.9. The molecule has 0 fully saturated rings. The molecule has 1 N–H and O–H groups in total. The molecule has 0 radical (unpaired) electrons. The second kappa shape index (κ2) is 6.79. The summed E-state index contributed by atoms with van der Waals surface area (Å²) in [5.74, 6) is 0.395. The highest BCUT2D eigenvalue weighted by Crippen LogP contribution is 2.22. The number of aromatic carboxylic acids is 1. The SMILES string of the molecule is CCc1ccc(OCc2cc(C(=O)O)ccc2OC)cc1. The molecule has 110 valence electrons. The van der Waals surface area contributed by atoms with Crippen molar-refractivity contribution in [1.29, 1.82) is 0 Å². The van der Waals surface area contributed by atoms with Gasteiger partial charge in [-0.25, -0.2) is 4.79 Å². The van der Waals surface area contributed by atoms with Crippen LogP contribution in [-0.4, -0.2) is 18.2 Å². The van der Waals surface area contributed by atoms with Gasteiger partial charge >= 0.3 is 5.97 Å². The van der Waals surface area contributed by atoms with Crippen LogP contribution < -0.4 is 9.47 Å². The summed E-state index contributed by atoms with van der Waals surface area (Å²) in [7, 11) is 1.55. The number of ether oxygens (including phenoxy) is 2. The average molecular weight is 286 g/mol. The summed E-state index contributed by atoms with van der Waals surface area (Å²) in [5.41, 5.74) is 2.17. The third-order valence-corrected chi connectivity index (χ3v) is 3.25. The zero-order valence-electron chi connectivity index (χ0n) is 12.1. The lowest BCUT2D eigenvalue weighted by Gasteiger charge is -2.11. The Morgan fingerprint density at radius 1 is 1.14 bits per heavy atom. The second-order valence-electron chi connectivity index (χ2n) is 4.62. The van der Waals surface area contributed by atoms with Crippen LogP contribution in [0.3, 0.4) is 0 Å². The number of benzene rings is 2. The lowest BCUT2D eigenvalue weighted by molar-refractivity contribution is 0.0696. The molecule has 4 nitrogen and oxygen atoms in total. The molecule has 4 heteroatoms. The van der Waals surface area contributed by atoms with Crippen LogP contribution >= 0.6 is 0 Å². The highest BCUT2D eigenvalue weighted by Gasteiger charge is 2.09. The first-order valence-electron chi connectivity index (χ1n) is 6.76. The maximum Gasteiger partial charge on any atom is 0.335 e. The standard InChI is InChI=1S/C17H18O4/c1-3-12-4-7-15(8-5-12)21-11-14-10-13(17(18)19)6-9-16(14)20-2/h4-10H,3,11H2,1-2H3,(H,18,19). The van der Waals surface area contributed by atoms with Crippen LogP contribution in [0.5, 0.6) is 11.5 Å². The largest absolute Gasteiger partial charge is 0.496 e. The van der Waals surface area contributed by atoms with Crippen LogP contribution in [0.1, 0.15) is 28.4 Å². The molecule has 2 rings (SSSR count). The molecule has 0 saturated heterocycles.